The quantitative estimate of drug-likeness (QED) is 0.754. The molecule has 0 saturated heterocycles. The third-order valence-corrected chi connectivity index (χ3v) is 6.80. The molecule has 26 heavy (non-hydrogen) atoms. The molecule has 2 aromatic rings. The number of hydrogen-bond donors (Lipinski definition) is 1. The van der Waals surface area contributed by atoms with Crippen LogP contribution in [-0.4, -0.2) is 24.9 Å². The molecule has 3 rings (SSSR count). The van der Waals surface area contributed by atoms with E-state index in [0.717, 1.165) is 28.7 Å². The minimum absolute atomic E-state index is 0.282. The van der Waals surface area contributed by atoms with Gasteiger partial charge in [0.05, 0.1) is 4.88 Å². The lowest BCUT2D eigenvalue weighted by Crippen LogP contribution is -2.30. The van der Waals surface area contributed by atoms with Crippen LogP contribution in [0.3, 0.4) is 0 Å². The number of primary amides is 1. The lowest BCUT2D eigenvalue weighted by atomic mass is 9.75. The smallest absolute Gasteiger partial charge is 0.259 e. The summed E-state index contributed by atoms with van der Waals surface area (Å²) >= 11 is 1.47. The zero-order chi connectivity index (χ0) is 18.5. The van der Waals surface area contributed by atoms with Crippen LogP contribution >= 0.6 is 11.3 Å². The van der Waals surface area contributed by atoms with Crippen LogP contribution in [0.5, 0.6) is 0 Å². The molecule has 1 saturated carbocycles. The SMILES string of the molecule is CN(C)C(c1ccccc1)C1CCC(CCc2ccsc2C(N)=O)CC1. The number of carbonyl (C=O) groups excluding carboxylic acids is 1. The molecule has 4 heteroatoms. The average molecular weight is 371 g/mol. The fraction of sp³-hybridized carbons (Fsp3) is 0.500. The Balaban J connectivity index is 1.55. The Kier molecular flexibility index (Phi) is 6.49. The van der Waals surface area contributed by atoms with Crippen LogP contribution in [0, 0.1) is 11.8 Å². The third-order valence-electron chi connectivity index (χ3n) is 5.83. The second kappa shape index (κ2) is 8.83. The molecule has 1 aromatic carbocycles. The molecule has 1 unspecified atom stereocenters. The van der Waals surface area contributed by atoms with Gasteiger partial charge in [-0.05, 0) is 74.2 Å². The van der Waals surface area contributed by atoms with Crippen LogP contribution in [0.25, 0.3) is 0 Å². The van der Waals surface area contributed by atoms with Crippen LogP contribution in [0.1, 0.15) is 58.9 Å². The van der Waals surface area contributed by atoms with Crippen molar-refractivity contribution < 1.29 is 4.79 Å². The molecule has 0 spiro atoms. The molecule has 0 aliphatic heterocycles. The molecule has 1 atom stereocenters. The molecule has 3 nitrogen and oxygen atoms in total. The van der Waals surface area contributed by atoms with E-state index in [0.29, 0.717) is 6.04 Å². The summed E-state index contributed by atoms with van der Waals surface area (Å²) in [5.74, 6) is 1.21. The Morgan fingerprint density at radius 3 is 2.46 bits per heavy atom. The zero-order valence-electron chi connectivity index (χ0n) is 15.9. The number of aryl methyl sites for hydroxylation is 1. The molecule has 140 valence electrons. The standard InChI is InChI=1S/C22H30N2OS/c1-24(2)20(17-6-4-3-5-7-17)18-11-8-16(9-12-18)10-13-19-14-15-26-21(19)22(23)25/h3-7,14-16,18,20H,8-13H2,1-2H3,(H2,23,25). The van der Waals surface area contributed by atoms with E-state index in [4.69, 9.17) is 5.73 Å². The number of amides is 1. The Bertz CT molecular complexity index is 702. The number of nitrogens with two attached hydrogens (primary N) is 1. The van der Waals surface area contributed by atoms with Gasteiger partial charge in [-0.3, -0.25) is 4.79 Å². The predicted octanol–water partition coefficient (Wildman–Crippen LogP) is 4.89. The summed E-state index contributed by atoms with van der Waals surface area (Å²) in [6.45, 7) is 0. The summed E-state index contributed by atoms with van der Waals surface area (Å²) in [7, 11) is 4.40. The van der Waals surface area contributed by atoms with E-state index in [9.17, 15) is 4.79 Å². The minimum atomic E-state index is -0.282. The van der Waals surface area contributed by atoms with Gasteiger partial charge in [0, 0.05) is 6.04 Å². The van der Waals surface area contributed by atoms with Crippen molar-refractivity contribution in [2.45, 2.75) is 44.6 Å². The number of benzene rings is 1. The highest BCUT2D eigenvalue weighted by molar-refractivity contribution is 7.12. The largest absolute Gasteiger partial charge is 0.365 e. The number of carbonyl (C=O) groups is 1. The van der Waals surface area contributed by atoms with Crippen LogP contribution in [0.4, 0.5) is 0 Å². The molecular formula is C22H30N2OS. The second-order valence-electron chi connectivity index (χ2n) is 7.78. The van der Waals surface area contributed by atoms with Crippen molar-refractivity contribution in [3.8, 4) is 0 Å². The molecule has 1 heterocycles. The van der Waals surface area contributed by atoms with E-state index in [-0.39, 0.29) is 5.91 Å². The number of hydrogen-bond acceptors (Lipinski definition) is 3. The van der Waals surface area contributed by atoms with E-state index in [1.54, 1.807) is 0 Å². The Morgan fingerprint density at radius 1 is 1.15 bits per heavy atom. The Labute approximate surface area is 161 Å². The summed E-state index contributed by atoms with van der Waals surface area (Å²) in [5, 5.41) is 1.98. The van der Waals surface area contributed by atoms with Crippen molar-refractivity contribution in [3.63, 3.8) is 0 Å². The van der Waals surface area contributed by atoms with Crippen molar-refractivity contribution in [1.29, 1.82) is 0 Å². The Morgan fingerprint density at radius 2 is 1.85 bits per heavy atom. The lowest BCUT2D eigenvalue weighted by molar-refractivity contribution is 0.100. The van der Waals surface area contributed by atoms with Crippen molar-refractivity contribution in [2.24, 2.45) is 17.6 Å². The highest BCUT2D eigenvalue weighted by Crippen LogP contribution is 2.40. The average Bonchev–Trinajstić information content (AvgIpc) is 3.11. The van der Waals surface area contributed by atoms with Gasteiger partial charge in [0.1, 0.15) is 0 Å². The number of nitrogens with zero attached hydrogens (tertiary/aromatic N) is 1. The lowest BCUT2D eigenvalue weighted by Gasteiger charge is -2.37. The topological polar surface area (TPSA) is 46.3 Å². The fourth-order valence-corrected chi connectivity index (χ4v) is 5.35. The van der Waals surface area contributed by atoms with E-state index in [1.807, 2.05) is 5.38 Å². The first-order chi connectivity index (χ1) is 12.6. The fourth-order valence-electron chi connectivity index (χ4n) is 4.54. The second-order valence-corrected chi connectivity index (χ2v) is 8.69. The van der Waals surface area contributed by atoms with Gasteiger partial charge in [-0.25, -0.2) is 0 Å². The summed E-state index contributed by atoms with van der Waals surface area (Å²) in [5.41, 5.74) is 8.04. The van der Waals surface area contributed by atoms with Crippen LogP contribution in [0.15, 0.2) is 41.8 Å². The normalized spacial score (nSPS) is 21.7. The Hall–Kier alpha value is -1.65. The summed E-state index contributed by atoms with van der Waals surface area (Å²) in [4.78, 5) is 14.6. The van der Waals surface area contributed by atoms with Gasteiger partial charge in [-0.2, -0.15) is 0 Å². The van der Waals surface area contributed by atoms with Crippen LogP contribution in [-0.2, 0) is 6.42 Å². The monoisotopic (exact) mass is 370 g/mol. The van der Waals surface area contributed by atoms with Crippen LogP contribution < -0.4 is 5.73 Å². The minimum Gasteiger partial charge on any atom is -0.365 e. The molecule has 1 amide bonds. The van der Waals surface area contributed by atoms with E-state index >= 15 is 0 Å². The highest BCUT2D eigenvalue weighted by Gasteiger charge is 2.29. The maximum atomic E-state index is 11.5. The summed E-state index contributed by atoms with van der Waals surface area (Å²) in [6.07, 6.45) is 7.30. The molecule has 0 radical (unpaired) electrons. The molecule has 1 aromatic heterocycles. The first-order valence-electron chi connectivity index (χ1n) is 9.63. The van der Waals surface area contributed by atoms with Crippen molar-refractivity contribution in [1.82, 2.24) is 4.90 Å². The van der Waals surface area contributed by atoms with Gasteiger partial charge < -0.3 is 10.6 Å². The van der Waals surface area contributed by atoms with Crippen molar-refractivity contribution >= 4 is 17.2 Å². The molecule has 1 fully saturated rings. The molecule has 1 aliphatic rings. The van der Waals surface area contributed by atoms with Crippen molar-refractivity contribution in [2.75, 3.05) is 14.1 Å². The third kappa shape index (κ3) is 4.54. The van der Waals surface area contributed by atoms with E-state index < -0.39 is 0 Å². The summed E-state index contributed by atoms with van der Waals surface area (Å²) in [6, 6.07) is 13.5. The molecule has 1 aliphatic carbocycles. The van der Waals surface area contributed by atoms with Gasteiger partial charge >= 0.3 is 0 Å². The molecular weight excluding hydrogens is 340 g/mol. The molecule has 0 bridgehead atoms. The van der Waals surface area contributed by atoms with Gasteiger partial charge in [0.25, 0.3) is 5.91 Å². The molecule has 2 N–H and O–H groups in total. The van der Waals surface area contributed by atoms with Crippen molar-refractivity contribution in [3.05, 3.63) is 57.8 Å². The first-order valence-corrected chi connectivity index (χ1v) is 10.5. The van der Waals surface area contributed by atoms with Gasteiger partial charge in [-0.15, -0.1) is 11.3 Å². The van der Waals surface area contributed by atoms with E-state index in [1.165, 1.54) is 49.0 Å². The van der Waals surface area contributed by atoms with Gasteiger partial charge in [0.15, 0.2) is 0 Å². The maximum Gasteiger partial charge on any atom is 0.259 e. The first kappa shape index (κ1) is 19.1. The maximum absolute atomic E-state index is 11.5. The van der Waals surface area contributed by atoms with E-state index in [2.05, 4.69) is 55.4 Å². The van der Waals surface area contributed by atoms with Gasteiger partial charge in [-0.1, -0.05) is 43.2 Å². The number of thiophene rings is 1. The summed E-state index contributed by atoms with van der Waals surface area (Å²) < 4.78 is 0. The van der Waals surface area contributed by atoms with Crippen LogP contribution in [0.2, 0.25) is 0 Å². The van der Waals surface area contributed by atoms with Gasteiger partial charge in [0.2, 0.25) is 0 Å². The number of rotatable bonds is 7. The zero-order valence-corrected chi connectivity index (χ0v) is 16.7. The highest BCUT2D eigenvalue weighted by atomic mass is 32.1. The predicted molar refractivity (Wildman–Crippen MR) is 109 cm³/mol.